The second-order valence-electron chi connectivity index (χ2n) is 3.99. The average Bonchev–Trinajstić information content (AvgIpc) is 2.40. The van der Waals surface area contributed by atoms with E-state index in [1.165, 1.54) is 12.1 Å². The molecule has 0 spiro atoms. The van der Waals surface area contributed by atoms with Gasteiger partial charge in [0.25, 0.3) is 9.05 Å². The van der Waals surface area contributed by atoms with E-state index in [0.29, 0.717) is 6.42 Å². The SMILES string of the molecule is O=S(=O)(Cl)c1ccc(OCCc2cccnc2)c(F)c1. The molecule has 1 aromatic carbocycles. The molecule has 0 aliphatic rings. The van der Waals surface area contributed by atoms with E-state index in [0.717, 1.165) is 11.6 Å². The standard InChI is InChI=1S/C13H11ClFNO3S/c14-20(17,18)11-3-4-13(12(15)8-11)19-7-5-10-2-1-6-16-9-10/h1-4,6,8-9H,5,7H2. The molecule has 0 saturated heterocycles. The minimum absolute atomic E-state index is 0.0158. The van der Waals surface area contributed by atoms with Crippen LogP contribution in [0.1, 0.15) is 5.56 Å². The summed E-state index contributed by atoms with van der Waals surface area (Å²) < 4.78 is 41.0. The lowest BCUT2D eigenvalue weighted by atomic mass is 10.2. The van der Waals surface area contributed by atoms with Gasteiger partial charge in [-0.05, 0) is 29.8 Å². The number of hydrogen-bond donors (Lipinski definition) is 0. The van der Waals surface area contributed by atoms with Gasteiger partial charge in [0.2, 0.25) is 0 Å². The molecule has 0 unspecified atom stereocenters. The molecule has 0 fully saturated rings. The normalized spacial score (nSPS) is 11.3. The van der Waals surface area contributed by atoms with Gasteiger partial charge in [-0.2, -0.15) is 0 Å². The highest BCUT2D eigenvalue weighted by atomic mass is 35.7. The quantitative estimate of drug-likeness (QED) is 0.796. The maximum Gasteiger partial charge on any atom is 0.261 e. The van der Waals surface area contributed by atoms with Gasteiger partial charge >= 0.3 is 0 Å². The van der Waals surface area contributed by atoms with Gasteiger partial charge in [0.1, 0.15) is 0 Å². The highest BCUT2D eigenvalue weighted by Gasteiger charge is 2.13. The molecule has 0 amide bonds. The maximum absolute atomic E-state index is 13.6. The van der Waals surface area contributed by atoms with Crippen LogP contribution in [0.4, 0.5) is 4.39 Å². The number of nitrogens with zero attached hydrogens (tertiary/aromatic N) is 1. The van der Waals surface area contributed by atoms with E-state index in [9.17, 15) is 12.8 Å². The van der Waals surface area contributed by atoms with Gasteiger partial charge in [-0.3, -0.25) is 4.98 Å². The summed E-state index contributed by atoms with van der Waals surface area (Å²) in [5.41, 5.74) is 0.966. The Kier molecular flexibility index (Phi) is 4.57. The van der Waals surface area contributed by atoms with E-state index in [1.54, 1.807) is 18.5 Å². The predicted molar refractivity (Wildman–Crippen MR) is 72.9 cm³/mol. The molecular formula is C13H11ClFNO3S. The molecule has 0 saturated carbocycles. The van der Waals surface area contributed by atoms with Crippen molar-refractivity contribution in [3.05, 3.63) is 54.1 Å². The third-order valence-electron chi connectivity index (χ3n) is 2.56. The summed E-state index contributed by atoms with van der Waals surface area (Å²) >= 11 is 0. The van der Waals surface area contributed by atoms with Crippen LogP contribution in [0.5, 0.6) is 5.75 Å². The molecule has 0 N–H and O–H groups in total. The predicted octanol–water partition coefficient (Wildman–Crippen LogP) is 2.77. The fraction of sp³-hybridized carbons (Fsp3) is 0.154. The van der Waals surface area contributed by atoms with Gasteiger partial charge in [-0.1, -0.05) is 6.07 Å². The molecule has 2 rings (SSSR count). The van der Waals surface area contributed by atoms with Gasteiger partial charge in [0.05, 0.1) is 11.5 Å². The van der Waals surface area contributed by atoms with Crippen LogP contribution >= 0.6 is 10.7 Å². The average molecular weight is 316 g/mol. The van der Waals surface area contributed by atoms with Crippen molar-refractivity contribution in [1.82, 2.24) is 4.98 Å². The van der Waals surface area contributed by atoms with Crippen molar-refractivity contribution in [1.29, 1.82) is 0 Å². The molecule has 0 bridgehead atoms. The molecule has 0 aliphatic carbocycles. The lowest BCUT2D eigenvalue weighted by molar-refractivity contribution is 0.304. The van der Waals surface area contributed by atoms with E-state index < -0.39 is 14.9 Å². The van der Waals surface area contributed by atoms with Crippen LogP contribution in [0, 0.1) is 5.82 Å². The van der Waals surface area contributed by atoms with Crippen LogP contribution in [0.25, 0.3) is 0 Å². The summed E-state index contributed by atoms with van der Waals surface area (Å²) in [6.07, 6.45) is 3.93. The van der Waals surface area contributed by atoms with E-state index >= 15 is 0 Å². The van der Waals surface area contributed by atoms with Crippen molar-refractivity contribution in [3.8, 4) is 5.75 Å². The number of pyridine rings is 1. The summed E-state index contributed by atoms with van der Waals surface area (Å²) in [7, 11) is 1.19. The Morgan fingerprint density at radius 1 is 1.30 bits per heavy atom. The molecule has 1 aromatic heterocycles. The molecule has 20 heavy (non-hydrogen) atoms. The smallest absolute Gasteiger partial charge is 0.261 e. The molecule has 4 nitrogen and oxygen atoms in total. The van der Waals surface area contributed by atoms with Crippen molar-refractivity contribution < 1.29 is 17.5 Å². The zero-order valence-electron chi connectivity index (χ0n) is 10.3. The fourth-order valence-corrected chi connectivity index (χ4v) is 2.34. The van der Waals surface area contributed by atoms with Crippen LogP contribution in [-0.2, 0) is 15.5 Å². The Morgan fingerprint density at radius 3 is 2.70 bits per heavy atom. The van der Waals surface area contributed by atoms with Crippen LogP contribution in [0.15, 0.2) is 47.6 Å². The first kappa shape index (κ1) is 14.7. The summed E-state index contributed by atoms with van der Waals surface area (Å²) in [5.74, 6) is -0.782. The Labute approximate surface area is 120 Å². The molecule has 106 valence electrons. The topological polar surface area (TPSA) is 56.3 Å². The zero-order valence-corrected chi connectivity index (χ0v) is 11.9. The minimum atomic E-state index is -3.94. The van der Waals surface area contributed by atoms with Crippen LogP contribution in [0.2, 0.25) is 0 Å². The van der Waals surface area contributed by atoms with Gasteiger partial charge in [-0.25, -0.2) is 12.8 Å². The first-order valence-electron chi connectivity index (χ1n) is 5.73. The highest BCUT2D eigenvalue weighted by Crippen LogP contribution is 2.23. The van der Waals surface area contributed by atoms with E-state index in [1.807, 2.05) is 6.07 Å². The molecule has 2 aromatic rings. The van der Waals surface area contributed by atoms with Crippen LogP contribution < -0.4 is 4.74 Å². The van der Waals surface area contributed by atoms with Gasteiger partial charge in [0.15, 0.2) is 11.6 Å². The fourth-order valence-electron chi connectivity index (χ4n) is 1.58. The number of halogens is 2. The van der Waals surface area contributed by atoms with Gasteiger partial charge < -0.3 is 4.74 Å². The van der Waals surface area contributed by atoms with E-state index in [-0.39, 0.29) is 17.3 Å². The van der Waals surface area contributed by atoms with E-state index in [4.69, 9.17) is 15.4 Å². The van der Waals surface area contributed by atoms with E-state index in [2.05, 4.69) is 4.98 Å². The third kappa shape index (κ3) is 3.91. The largest absolute Gasteiger partial charge is 0.490 e. The van der Waals surface area contributed by atoms with Crippen molar-refractivity contribution in [2.24, 2.45) is 0 Å². The third-order valence-corrected chi connectivity index (χ3v) is 3.91. The highest BCUT2D eigenvalue weighted by molar-refractivity contribution is 8.13. The molecular weight excluding hydrogens is 305 g/mol. The minimum Gasteiger partial charge on any atom is -0.490 e. The summed E-state index contributed by atoms with van der Waals surface area (Å²) in [6, 6.07) is 6.96. The number of rotatable bonds is 5. The lowest BCUT2D eigenvalue weighted by Crippen LogP contribution is -2.03. The summed E-state index contributed by atoms with van der Waals surface area (Å²) in [6.45, 7) is 0.260. The molecule has 0 radical (unpaired) electrons. The second kappa shape index (κ2) is 6.19. The Morgan fingerprint density at radius 2 is 2.10 bits per heavy atom. The molecule has 0 atom stereocenters. The second-order valence-corrected chi connectivity index (χ2v) is 6.56. The first-order valence-corrected chi connectivity index (χ1v) is 8.03. The summed E-state index contributed by atoms with van der Waals surface area (Å²) in [4.78, 5) is 3.66. The van der Waals surface area contributed by atoms with Gasteiger partial charge in [0, 0.05) is 29.5 Å². The van der Waals surface area contributed by atoms with Crippen LogP contribution in [-0.4, -0.2) is 20.0 Å². The number of benzene rings is 1. The lowest BCUT2D eigenvalue weighted by Gasteiger charge is -2.07. The number of aromatic nitrogens is 1. The number of hydrogen-bond acceptors (Lipinski definition) is 4. The van der Waals surface area contributed by atoms with Crippen molar-refractivity contribution in [2.75, 3.05) is 6.61 Å². The van der Waals surface area contributed by atoms with Crippen molar-refractivity contribution in [2.45, 2.75) is 11.3 Å². The molecule has 1 heterocycles. The zero-order chi connectivity index (χ0) is 14.6. The molecule has 0 aliphatic heterocycles. The summed E-state index contributed by atoms with van der Waals surface area (Å²) in [5, 5.41) is 0. The van der Waals surface area contributed by atoms with Crippen molar-refractivity contribution >= 4 is 19.7 Å². The Balaban J connectivity index is 2.00. The number of ether oxygens (including phenoxy) is 1. The van der Waals surface area contributed by atoms with Crippen molar-refractivity contribution in [3.63, 3.8) is 0 Å². The maximum atomic E-state index is 13.6. The molecule has 7 heteroatoms. The monoisotopic (exact) mass is 315 g/mol. The Bertz CT molecular complexity index is 692. The van der Waals surface area contributed by atoms with Crippen LogP contribution in [0.3, 0.4) is 0 Å². The van der Waals surface area contributed by atoms with Gasteiger partial charge in [-0.15, -0.1) is 0 Å². The first-order chi connectivity index (χ1) is 9.47. The Hall–Kier alpha value is -1.66.